The van der Waals surface area contributed by atoms with Gasteiger partial charge in [-0.2, -0.15) is 0 Å². The average molecular weight is 481 g/mol. The monoisotopic (exact) mass is 480 g/mol. The summed E-state index contributed by atoms with van der Waals surface area (Å²) in [5.74, 6) is 0.766. The number of carbonyl (C=O) groups is 3. The second-order valence-electron chi connectivity index (χ2n) is 10.9. The minimum Gasteiger partial charge on any atom is -0.300 e. The Morgan fingerprint density at radius 1 is 1.03 bits per heavy atom. The maximum Gasteiger partial charge on any atom is 0.163 e. The molecule has 35 heavy (non-hydrogen) atoms. The number of fused-ring (bicyclic) bond motifs is 1. The summed E-state index contributed by atoms with van der Waals surface area (Å²) >= 11 is 0. The van der Waals surface area contributed by atoms with Crippen LogP contribution in [0.4, 0.5) is 0 Å². The molecule has 3 rings (SSSR count). The number of ketones is 3. The topological polar surface area (TPSA) is 51.2 Å². The minimum absolute atomic E-state index is 0.0451. The molecule has 0 N–H and O–H groups in total. The van der Waals surface area contributed by atoms with Crippen LogP contribution in [0.3, 0.4) is 0 Å². The highest BCUT2D eigenvalue weighted by Gasteiger charge is 2.33. The van der Waals surface area contributed by atoms with Gasteiger partial charge in [0, 0.05) is 17.9 Å². The Labute approximate surface area is 214 Å². The van der Waals surface area contributed by atoms with E-state index in [1.165, 1.54) is 50.2 Å². The van der Waals surface area contributed by atoms with Gasteiger partial charge in [-0.1, -0.05) is 57.4 Å². The Morgan fingerprint density at radius 2 is 1.74 bits per heavy atom. The molecule has 3 unspecified atom stereocenters. The molecule has 0 bridgehead atoms. The van der Waals surface area contributed by atoms with Gasteiger partial charge in [0.05, 0.1) is 6.42 Å². The van der Waals surface area contributed by atoms with Crippen molar-refractivity contribution in [2.75, 3.05) is 0 Å². The van der Waals surface area contributed by atoms with E-state index in [1.807, 2.05) is 19.9 Å². The van der Waals surface area contributed by atoms with Gasteiger partial charge in [-0.05, 0) is 101 Å². The summed E-state index contributed by atoms with van der Waals surface area (Å²) in [4.78, 5) is 36.9. The molecule has 1 aromatic carbocycles. The van der Waals surface area contributed by atoms with Crippen LogP contribution < -0.4 is 0 Å². The zero-order chi connectivity index (χ0) is 26.0. The lowest BCUT2D eigenvalue weighted by molar-refractivity contribution is -0.129. The van der Waals surface area contributed by atoms with E-state index in [9.17, 15) is 14.4 Å². The van der Waals surface area contributed by atoms with Crippen LogP contribution in [-0.2, 0) is 16.0 Å². The molecule has 3 nitrogen and oxygen atoms in total. The molecule has 3 atom stereocenters. The number of aryl methyl sites for hydroxylation is 2. The molecule has 0 radical (unpaired) electrons. The molecule has 0 fully saturated rings. The first-order valence-corrected chi connectivity index (χ1v) is 14.0. The molecule has 2 aliphatic rings. The van der Waals surface area contributed by atoms with E-state index in [0.29, 0.717) is 12.3 Å². The first-order chi connectivity index (χ1) is 16.7. The maximum absolute atomic E-state index is 12.8. The molecule has 0 aliphatic heterocycles. The number of rotatable bonds is 10. The van der Waals surface area contributed by atoms with Gasteiger partial charge in [-0.3, -0.25) is 14.4 Å². The molecular formula is C32H48O3. The molecule has 0 amide bonds. The SMILES string of the molecule is CCC1=CCCCC1.CCCC(CC1CC(=O)c2c(C)ccc(C)c2C1)C(CC)C(=O)CC(C)=O. The summed E-state index contributed by atoms with van der Waals surface area (Å²) in [7, 11) is 0. The molecule has 0 saturated heterocycles. The smallest absolute Gasteiger partial charge is 0.163 e. The second kappa shape index (κ2) is 14.5. The number of carbonyl (C=O) groups excluding carboxylic acids is 3. The fraction of sp³-hybridized carbons (Fsp3) is 0.656. The fourth-order valence-corrected chi connectivity index (χ4v) is 6.12. The lowest BCUT2D eigenvalue weighted by atomic mass is 9.71. The Kier molecular flexibility index (Phi) is 12.1. The Morgan fingerprint density at radius 3 is 2.29 bits per heavy atom. The third kappa shape index (κ3) is 8.54. The van der Waals surface area contributed by atoms with Crippen LogP contribution in [0.25, 0.3) is 0 Å². The minimum atomic E-state index is -0.0658. The maximum atomic E-state index is 12.8. The highest BCUT2D eigenvalue weighted by atomic mass is 16.1. The summed E-state index contributed by atoms with van der Waals surface area (Å²) in [6, 6.07) is 4.15. The van der Waals surface area contributed by atoms with Crippen LogP contribution in [0.15, 0.2) is 23.8 Å². The molecule has 0 spiro atoms. The van der Waals surface area contributed by atoms with Crippen molar-refractivity contribution in [2.45, 2.75) is 119 Å². The van der Waals surface area contributed by atoms with Crippen molar-refractivity contribution in [3.8, 4) is 0 Å². The zero-order valence-corrected chi connectivity index (χ0v) is 23.2. The molecule has 0 heterocycles. The number of Topliss-reactive ketones (excluding diaryl/α,β-unsaturated/α-hetero) is 3. The van der Waals surface area contributed by atoms with E-state index in [4.69, 9.17) is 0 Å². The van der Waals surface area contributed by atoms with Crippen LogP contribution in [-0.4, -0.2) is 17.3 Å². The molecular weight excluding hydrogens is 432 g/mol. The standard InChI is InChI=1S/C24H34O3.C8H14/c1-6-8-19(20(7-2)22(26)11-17(5)25)12-18-13-21-15(3)9-10-16(4)24(21)23(27)14-18;1-2-8-6-4-3-5-7-8/h9-10,18-20H,6-8,11-14H2,1-5H3;6H,2-5,7H2,1H3. The van der Waals surface area contributed by atoms with Gasteiger partial charge in [0.15, 0.2) is 5.78 Å². The van der Waals surface area contributed by atoms with Gasteiger partial charge in [-0.25, -0.2) is 0 Å². The molecule has 0 aromatic heterocycles. The number of allylic oxidation sites excluding steroid dienone is 2. The first-order valence-electron chi connectivity index (χ1n) is 14.0. The Balaban J connectivity index is 0.000000456. The quantitative estimate of drug-likeness (QED) is 0.250. The molecule has 2 aliphatic carbocycles. The third-order valence-electron chi connectivity index (χ3n) is 7.98. The van der Waals surface area contributed by atoms with E-state index in [2.05, 4.69) is 32.9 Å². The van der Waals surface area contributed by atoms with Gasteiger partial charge in [0.25, 0.3) is 0 Å². The van der Waals surface area contributed by atoms with Gasteiger partial charge >= 0.3 is 0 Å². The lowest BCUT2D eigenvalue weighted by Gasteiger charge is -2.32. The molecule has 3 heteroatoms. The van der Waals surface area contributed by atoms with Gasteiger partial charge in [0.2, 0.25) is 0 Å². The van der Waals surface area contributed by atoms with Crippen molar-refractivity contribution >= 4 is 17.3 Å². The van der Waals surface area contributed by atoms with Gasteiger partial charge in [0.1, 0.15) is 11.6 Å². The van der Waals surface area contributed by atoms with Crippen LogP contribution in [0.1, 0.15) is 125 Å². The van der Waals surface area contributed by atoms with Crippen LogP contribution in [0.5, 0.6) is 0 Å². The van der Waals surface area contributed by atoms with E-state index < -0.39 is 0 Å². The Bertz CT molecular complexity index is 908. The first kappa shape index (κ1) is 29.2. The lowest BCUT2D eigenvalue weighted by Crippen LogP contribution is -2.30. The van der Waals surface area contributed by atoms with E-state index in [0.717, 1.165) is 43.2 Å². The summed E-state index contributed by atoms with van der Waals surface area (Å²) in [5.41, 5.74) is 6.08. The Hall–Kier alpha value is -2.03. The van der Waals surface area contributed by atoms with Crippen LogP contribution >= 0.6 is 0 Å². The van der Waals surface area contributed by atoms with Crippen molar-refractivity contribution in [2.24, 2.45) is 17.8 Å². The summed E-state index contributed by atoms with van der Waals surface area (Å²) in [5, 5.41) is 0. The van der Waals surface area contributed by atoms with E-state index in [-0.39, 0.29) is 35.6 Å². The average Bonchev–Trinajstić information content (AvgIpc) is 2.82. The summed E-state index contributed by atoms with van der Waals surface area (Å²) in [6.45, 7) is 12.0. The normalized spacial score (nSPS) is 19.1. The predicted octanol–water partition coefficient (Wildman–Crippen LogP) is 8.33. The number of hydrogen-bond donors (Lipinski definition) is 0. The largest absolute Gasteiger partial charge is 0.300 e. The number of hydrogen-bond acceptors (Lipinski definition) is 3. The predicted molar refractivity (Wildman–Crippen MR) is 146 cm³/mol. The van der Waals surface area contributed by atoms with Crippen molar-refractivity contribution in [1.82, 2.24) is 0 Å². The van der Waals surface area contributed by atoms with Crippen molar-refractivity contribution in [3.05, 3.63) is 46.0 Å². The molecule has 194 valence electrons. The van der Waals surface area contributed by atoms with E-state index in [1.54, 1.807) is 5.57 Å². The zero-order valence-electron chi connectivity index (χ0n) is 23.2. The van der Waals surface area contributed by atoms with Gasteiger partial charge in [-0.15, -0.1) is 0 Å². The summed E-state index contributed by atoms with van der Waals surface area (Å²) in [6.07, 6.45) is 14.5. The molecule has 1 aromatic rings. The highest BCUT2D eigenvalue weighted by Crippen LogP contribution is 2.37. The van der Waals surface area contributed by atoms with E-state index >= 15 is 0 Å². The second-order valence-corrected chi connectivity index (χ2v) is 10.9. The van der Waals surface area contributed by atoms with Crippen molar-refractivity contribution < 1.29 is 14.4 Å². The molecule has 0 saturated carbocycles. The fourth-order valence-electron chi connectivity index (χ4n) is 6.12. The van der Waals surface area contributed by atoms with Crippen LogP contribution in [0.2, 0.25) is 0 Å². The van der Waals surface area contributed by atoms with Crippen molar-refractivity contribution in [1.29, 1.82) is 0 Å². The summed E-state index contributed by atoms with van der Waals surface area (Å²) < 4.78 is 0. The highest BCUT2D eigenvalue weighted by molar-refractivity contribution is 6.00. The number of benzene rings is 1. The van der Waals surface area contributed by atoms with Crippen molar-refractivity contribution in [3.63, 3.8) is 0 Å². The van der Waals surface area contributed by atoms with Crippen LogP contribution in [0, 0.1) is 31.6 Å². The van der Waals surface area contributed by atoms with Gasteiger partial charge < -0.3 is 0 Å². The third-order valence-corrected chi connectivity index (χ3v) is 7.98.